The van der Waals surface area contributed by atoms with Crippen molar-refractivity contribution in [3.63, 3.8) is 0 Å². The molecule has 0 bridgehead atoms. The summed E-state index contributed by atoms with van der Waals surface area (Å²) < 4.78 is 38.3. The first kappa shape index (κ1) is 15.6. The van der Waals surface area contributed by atoms with Crippen molar-refractivity contribution < 1.29 is 23.1 Å². The Labute approximate surface area is 123 Å². The molecule has 0 aliphatic rings. The average molecular weight is 308 g/mol. The molecule has 0 atom stereocenters. The molecule has 2 rings (SSSR count). The lowest BCUT2D eigenvalue weighted by Crippen LogP contribution is -2.18. The highest BCUT2D eigenvalue weighted by molar-refractivity contribution is 5.95. The smallest absolute Gasteiger partial charge is 0.417 e. The third-order valence-electron chi connectivity index (χ3n) is 2.74. The number of hydrogen-bond acceptors (Lipinski definition) is 3. The zero-order valence-corrected chi connectivity index (χ0v) is 11.1. The number of aromatic hydroxyl groups is 1. The summed E-state index contributed by atoms with van der Waals surface area (Å²) in [5, 5.41) is 12.8. The third kappa shape index (κ3) is 3.85. The van der Waals surface area contributed by atoms with E-state index in [1.807, 2.05) is 0 Å². The van der Waals surface area contributed by atoms with Crippen LogP contribution in [-0.2, 0) is 6.18 Å². The van der Waals surface area contributed by atoms with E-state index >= 15 is 0 Å². The highest BCUT2D eigenvalue weighted by Gasteiger charge is 2.32. The molecule has 2 N–H and O–H groups in total. The van der Waals surface area contributed by atoms with Gasteiger partial charge in [0.1, 0.15) is 5.75 Å². The number of alkyl halides is 3. The summed E-state index contributed by atoms with van der Waals surface area (Å²) >= 11 is 0. The molecule has 22 heavy (non-hydrogen) atoms. The molecule has 0 spiro atoms. The van der Waals surface area contributed by atoms with E-state index in [9.17, 15) is 23.1 Å². The number of nitrogens with one attached hydrogen (secondary N) is 1. The maximum atomic E-state index is 12.8. The molecule has 0 fully saturated rings. The van der Waals surface area contributed by atoms with Gasteiger partial charge in [-0.2, -0.15) is 18.3 Å². The number of hydrazone groups is 1. The van der Waals surface area contributed by atoms with Gasteiger partial charge in [-0.25, -0.2) is 5.43 Å². The molecule has 0 aliphatic heterocycles. The molecule has 2 aromatic carbocycles. The van der Waals surface area contributed by atoms with Gasteiger partial charge in [0.05, 0.1) is 11.8 Å². The van der Waals surface area contributed by atoms with E-state index in [-0.39, 0.29) is 16.9 Å². The zero-order chi connectivity index (χ0) is 16.2. The highest BCUT2D eigenvalue weighted by Crippen LogP contribution is 2.31. The molecule has 4 nitrogen and oxygen atoms in total. The monoisotopic (exact) mass is 308 g/mol. The van der Waals surface area contributed by atoms with Crippen LogP contribution >= 0.6 is 0 Å². The number of carbonyl (C=O) groups is 1. The van der Waals surface area contributed by atoms with Gasteiger partial charge in [-0.1, -0.05) is 24.3 Å². The molecule has 0 radical (unpaired) electrons. The second-order valence-electron chi connectivity index (χ2n) is 4.33. The van der Waals surface area contributed by atoms with Gasteiger partial charge in [0, 0.05) is 11.1 Å². The van der Waals surface area contributed by atoms with Crippen LogP contribution in [0.1, 0.15) is 21.5 Å². The summed E-state index contributed by atoms with van der Waals surface area (Å²) in [5.41, 5.74) is 1.24. The van der Waals surface area contributed by atoms with Gasteiger partial charge < -0.3 is 5.11 Å². The van der Waals surface area contributed by atoms with Crippen LogP contribution in [0.3, 0.4) is 0 Å². The summed E-state index contributed by atoms with van der Waals surface area (Å²) in [5.74, 6) is -0.740. The van der Waals surface area contributed by atoms with E-state index in [0.29, 0.717) is 0 Å². The molecule has 2 aromatic rings. The summed E-state index contributed by atoms with van der Waals surface area (Å²) in [6, 6.07) is 10.4. The predicted molar refractivity (Wildman–Crippen MR) is 74.6 cm³/mol. The maximum absolute atomic E-state index is 12.8. The number of phenols is 1. The molecule has 0 saturated carbocycles. The lowest BCUT2D eigenvalue weighted by molar-refractivity contribution is -0.137. The SMILES string of the molecule is O=C(N/N=C/c1ccccc1C(F)(F)F)c1cccc(O)c1. The van der Waals surface area contributed by atoms with E-state index in [0.717, 1.165) is 12.3 Å². The number of nitrogens with zero attached hydrogens (tertiary/aromatic N) is 1. The lowest BCUT2D eigenvalue weighted by Gasteiger charge is -2.09. The van der Waals surface area contributed by atoms with Crippen molar-refractivity contribution in [2.24, 2.45) is 5.10 Å². The molecule has 114 valence electrons. The first-order valence-electron chi connectivity index (χ1n) is 6.16. The van der Waals surface area contributed by atoms with Crippen molar-refractivity contribution in [3.8, 4) is 5.75 Å². The van der Waals surface area contributed by atoms with Crippen LogP contribution in [-0.4, -0.2) is 17.2 Å². The zero-order valence-electron chi connectivity index (χ0n) is 11.1. The standard InChI is InChI=1S/C15H11F3N2O2/c16-15(17,18)13-7-2-1-4-11(13)9-19-20-14(22)10-5-3-6-12(21)8-10/h1-9,21H,(H,20,22)/b19-9+. The van der Waals surface area contributed by atoms with Crippen molar-refractivity contribution in [2.75, 3.05) is 0 Å². The predicted octanol–water partition coefficient (Wildman–Crippen LogP) is 3.17. The number of amides is 1. The van der Waals surface area contributed by atoms with Crippen LogP contribution in [0.2, 0.25) is 0 Å². The maximum Gasteiger partial charge on any atom is 0.417 e. The Hall–Kier alpha value is -2.83. The van der Waals surface area contributed by atoms with Crippen LogP contribution in [0.15, 0.2) is 53.6 Å². The van der Waals surface area contributed by atoms with Crippen LogP contribution < -0.4 is 5.43 Å². The van der Waals surface area contributed by atoms with E-state index in [4.69, 9.17) is 0 Å². The summed E-state index contributed by atoms with van der Waals surface area (Å²) in [6.45, 7) is 0. The van der Waals surface area contributed by atoms with Gasteiger partial charge in [-0.3, -0.25) is 4.79 Å². The van der Waals surface area contributed by atoms with Gasteiger partial charge in [-0.15, -0.1) is 0 Å². The van der Waals surface area contributed by atoms with Crippen molar-refractivity contribution in [1.29, 1.82) is 0 Å². The Kier molecular flexibility index (Phi) is 4.45. The lowest BCUT2D eigenvalue weighted by atomic mass is 10.1. The van der Waals surface area contributed by atoms with Gasteiger partial charge in [0.25, 0.3) is 5.91 Å². The van der Waals surface area contributed by atoms with E-state index in [1.54, 1.807) is 0 Å². The van der Waals surface area contributed by atoms with Crippen molar-refractivity contribution in [1.82, 2.24) is 5.43 Å². The molecule has 0 heterocycles. The van der Waals surface area contributed by atoms with Gasteiger partial charge >= 0.3 is 6.18 Å². The summed E-state index contributed by atoms with van der Waals surface area (Å²) in [7, 11) is 0. The van der Waals surface area contributed by atoms with Gasteiger partial charge in [0.15, 0.2) is 0 Å². The van der Waals surface area contributed by atoms with Crippen LogP contribution in [0, 0.1) is 0 Å². The first-order valence-corrected chi connectivity index (χ1v) is 6.16. The third-order valence-corrected chi connectivity index (χ3v) is 2.74. The quantitative estimate of drug-likeness (QED) is 0.676. The number of carbonyl (C=O) groups excluding carboxylic acids is 1. The van der Waals surface area contributed by atoms with Crippen molar-refractivity contribution in [2.45, 2.75) is 6.18 Å². The Bertz CT molecular complexity index is 712. The van der Waals surface area contributed by atoms with E-state index in [2.05, 4.69) is 10.5 Å². The second-order valence-corrected chi connectivity index (χ2v) is 4.33. The van der Waals surface area contributed by atoms with Crippen LogP contribution in [0.25, 0.3) is 0 Å². The van der Waals surface area contributed by atoms with Gasteiger partial charge in [-0.05, 0) is 24.3 Å². The molecule has 1 amide bonds. The fraction of sp³-hybridized carbons (Fsp3) is 0.0667. The molecule has 7 heteroatoms. The van der Waals surface area contributed by atoms with Crippen molar-refractivity contribution >= 4 is 12.1 Å². The fourth-order valence-electron chi connectivity index (χ4n) is 1.74. The molecular formula is C15H11F3N2O2. The molecule has 0 aliphatic carbocycles. The molecule has 0 unspecified atom stereocenters. The van der Waals surface area contributed by atoms with Crippen LogP contribution in [0.4, 0.5) is 13.2 Å². The minimum absolute atomic E-state index is 0.0981. The molecule has 0 saturated heterocycles. The normalized spacial score (nSPS) is 11.6. The highest BCUT2D eigenvalue weighted by atomic mass is 19.4. The molecular weight excluding hydrogens is 297 g/mol. The Morgan fingerprint density at radius 2 is 1.86 bits per heavy atom. The minimum Gasteiger partial charge on any atom is -0.508 e. The number of rotatable bonds is 3. The summed E-state index contributed by atoms with van der Waals surface area (Å²) in [6.07, 6.45) is -3.58. The molecule has 0 aromatic heterocycles. The fourth-order valence-corrected chi connectivity index (χ4v) is 1.74. The van der Waals surface area contributed by atoms with Crippen molar-refractivity contribution in [3.05, 3.63) is 65.2 Å². The number of benzene rings is 2. The average Bonchev–Trinajstić information content (AvgIpc) is 2.46. The Balaban J connectivity index is 2.12. The first-order chi connectivity index (χ1) is 10.4. The van der Waals surface area contributed by atoms with E-state index in [1.165, 1.54) is 42.5 Å². The summed E-state index contributed by atoms with van der Waals surface area (Å²) in [4.78, 5) is 11.7. The number of phenolic OH excluding ortho intramolecular Hbond substituents is 1. The van der Waals surface area contributed by atoms with Gasteiger partial charge in [0.2, 0.25) is 0 Å². The largest absolute Gasteiger partial charge is 0.508 e. The Morgan fingerprint density at radius 3 is 2.55 bits per heavy atom. The Morgan fingerprint density at radius 1 is 1.14 bits per heavy atom. The second kappa shape index (κ2) is 6.30. The van der Waals surface area contributed by atoms with E-state index < -0.39 is 17.6 Å². The minimum atomic E-state index is -4.50. The topological polar surface area (TPSA) is 61.7 Å². The number of hydrogen-bond donors (Lipinski definition) is 2. The number of halogens is 3. The van der Waals surface area contributed by atoms with Crippen LogP contribution in [0.5, 0.6) is 5.75 Å².